The van der Waals surface area contributed by atoms with E-state index in [1.807, 2.05) is 0 Å². The molecule has 0 bridgehead atoms. The Morgan fingerprint density at radius 2 is 1.83 bits per heavy atom. The van der Waals surface area contributed by atoms with Crippen molar-refractivity contribution in [3.63, 3.8) is 0 Å². The summed E-state index contributed by atoms with van der Waals surface area (Å²) in [5.74, 6) is 1.80. The van der Waals surface area contributed by atoms with Crippen molar-refractivity contribution in [1.29, 1.82) is 0 Å². The molecule has 2 aliphatic rings. The van der Waals surface area contributed by atoms with Crippen LogP contribution in [0.2, 0.25) is 0 Å². The Morgan fingerprint density at radius 3 is 2.39 bits per heavy atom. The summed E-state index contributed by atoms with van der Waals surface area (Å²) in [6.07, 6.45) is 6.99. The van der Waals surface area contributed by atoms with Gasteiger partial charge < -0.3 is 10.2 Å². The summed E-state index contributed by atoms with van der Waals surface area (Å²) in [7, 11) is 0. The molecule has 0 spiro atoms. The van der Waals surface area contributed by atoms with Gasteiger partial charge in [0.25, 0.3) is 0 Å². The summed E-state index contributed by atoms with van der Waals surface area (Å²) >= 11 is 0. The Labute approximate surface area is 114 Å². The van der Waals surface area contributed by atoms with Crippen LogP contribution in [0.5, 0.6) is 0 Å². The molecule has 2 rings (SSSR count). The van der Waals surface area contributed by atoms with E-state index in [1.54, 1.807) is 0 Å². The molecule has 2 saturated heterocycles. The number of hydrogen-bond donors (Lipinski definition) is 1. The number of likely N-dealkylation sites (tertiary alicyclic amines) is 1. The van der Waals surface area contributed by atoms with E-state index >= 15 is 0 Å². The predicted octanol–water partition coefficient (Wildman–Crippen LogP) is 3.13. The summed E-state index contributed by atoms with van der Waals surface area (Å²) < 4.78 is 0. The standard InChI is InChI=1S/C16H32N2/c1-4-16(5-2)7-10-18(11-8-16)13-15-6-9-17-12-14(15)3/h14-15,17H,4-13H2,1-3H3. The normalized spacial score (nSPS) is 33.5. The van der Waals surface area contributed by atoms with E-state index in [-0.39, 0.29) is 0 Å². The van der Waals surface area contributed by atoms with E-state index < -0.39 is 0 Å². The minimum absolute atomic E-state index is 0.677. The maximum atomic E-state index is 3.51. The molecule has 1 N–H and O–H groups in total. The predicted molar refractivity (Wildman–Crippen MR) is 78.8 cm³/mol. The molecule has 0 aromatic rings. The van der Waals surface area contributed by atoms with Crippen molar-refractivity contribution in [2.45, 2.75) is 52.9 Å². The second-order valence-electron chi connectivity index (χ2n) is 6.74. The van der Waals surface area contributed by atoms with Gasteiger partial charge in [0.15, 0.2) is 0 Å². The van der Waals surface area contributed by atoms with Crippen LogP contribution in [0.3, 0.4) is 0 Å². The Morgan fingerprint density at radius 1 is 1.17 bits per heavy atom. The van der Waals surface area contributed by atoms with Crippen LogP contribution in [0.15, 0.2) is 0 Å². The lowest BCUT2D eigenvalue weighted by atomic mass is 9.74. The van der Waals surface area contributed by atoms with Crippen LogP contribution < -0.4 is 5.32 Å². The van der Waals surface area contributed by atoms with Crippen molar-refractivity contribution in [3.8, 4) is 0 Å². The van der Waals surface area contributed by atoms with Crippen molar-refractivity contribution in [2.75, 3.05) is 32.7 Å². The average Bonchev–Trinajstić information content (AvgIpc) is 2.43. The third-order valence-corrected chi connectivity index (χ3v) is 5.87. The molecule has 2 atom stereocenters. The molecular formula is C16H32N2. The molecule has 0 saturated carbocycles. The Hall–Kier alpha value is -0.0800. The third kappa shape index (κ3) is 3.27. The van der Waals surface area contributed by atoms with Gasteiger partial charge in [-0.05, 0) is 62.7 Å². The van der Waals surface area contributed by atoms with E-state index in [4.69, 9.17) is 0 Å². The largest absolute Gasteiger partial charge is 0.316 e. The van der Waals surface area contributed by atoms with E-state index in [0.717, 1.165) is 11.8 Å². The molecule has 0 aromatic carbocycles. The van der Waals surface area contributed by atoms with Crippen LogP contribution in [-0.4, -0.2) is 37.6 Å². The van der Waals surface area contributed by atoms with E-state index in [2.05, 4.69) is 31.0 Å². The maximum absolute atomic E-state index is 3.51. The van der Waals surface area contributed by atoms with Crippen LogP contribution in [0.25, 0.3) is 0 Å². The number of piperidine rings is 2. The maximum Gasteiger partial charge on any atom is 0.00132 e. The van der Waals surface area contributed by atoms with Gasteiger partial charge in [-0.15, -0.1) is 0 Å². The molecule has 2 unspecified atom stereocenters. The topological polar surface area (TPSA) is 15.3 Å². The molecule has 0 amide bonds. The smallest absolute Gasteiger partial charge is 0.00132 e. The number of rotatable bonds is 4. The SMILES string of the molecule is CCC1(CC)CCN(CC2CCNCC2C)CC1. The van der Waals surface area contributed by atoms with Crippen LogP contribution in [0.1, 0.15) is 52.9 Å². The zero-order valence-corrected chi connectivity index (χ0v) is 12.7. The fourth-order valence-corrected chi connectivity index (χ4v) is 3.84. The molecule has 0 radical (unpaired) electrons. The van der Waals surface area contributed by atoms with E-state index in [9.17, 15) is 0 Å². The molecule has 2 fully saturated rings. The fourth-order valence-electron chi connectivity index (χ4n) is 3.84. The van der Waals surface area contributed by atoms with Gasteiger partial charge in [0, 0.05) is 6.54 Å². The minimum Gasteiger partial charge on any atom is -0.316 e. The van der Waals surface area contributed by atoms with Crippen LogP contribution in [0.4, 0.5) is 0 Å². The molecule has 2 heterocycles. The summed E-state index contributed by atoms with van der Waals surface area (Å²) in [5, 5.41) is 3.51. The average molecular weight is 252 g/mol. The molecule has 0 aromatic heterocycles. The van der Waals surface area contributed by atoms with Gasteiger partial charge in [-0.25, -0.2) is 0 Å². The molecule has 18 heavy (non-hydrogen) atoms. The number of nitrogens with zero attached hydrogens (tertiary/aromatic N) is 1. The second-order valence-corrected chi connectivity index (χ2v) is 6.74. The molecule has 2 heteroatoms. The van der Waals surface area contributed by atoms with Crippen molar-refractivity contribution in [3.05, 3.63) is 0 Å². The lowest BCUT2D eigenvalue weighted by Gasteiger charge is -2.43. The molecule has 2 nitrogen and oxygen atoms in total. The first-order chi connectivity index (χ1) is 8.69. The van der Waals surface area contributed by atoms with E-state index in [0.29, 0.717) is 5.41 Å². The second kappa shape index (κ2) is 6.38. The minimum atomic E-state index is 0.677. The van der Waals surface area contributed by atoms with Gasteiger partial charge in [0.1, 0.15) is 0 Å². The fraction of sp³-hybridized carbons (Fsp3) is 1.00. The van der Waals surface area contributed by atoms with Gasteiger partial charge in [0.2, 0.25) is 0 Å². The van der Waals surface area contributed by atoms with Gasteiger partial charge in [-0.2, -0.15) is 0 Å². The number of hydrogen-bond acceptors (Lipinski definition) is 2. The molecular weight excluding hydrogens is 220 g/mol. The molecule has 106 valence electrons. The van der Waals surface area contributed by atoms with Gasteiger partial charge in [0.05, 0.1) is 0 Å². The van der Waals surface area contributed by atoms with Gasteiger partial charge in [-0.3, -0.25) is 0 Å². The zero-order valence-electron chi connectivity index (χ0n) is 12.7. The molecule has 2 aliphatic heterocycles. The lowest BCUT2D eigenvalue weighted by Crippen LogP contribution is -2.45. The monoisotopic (exact) mass is 252 g/mol. The highest BCUT2D eigenvalue weighted by atomic mass is 15.1. The van der Waals surface area contributed by atoms with Crippen molar-refractivity contribution >= 4 is 0 Å². The summed E-state index contributed by atoms with van der Waals surface area (Å²) in [6.45, 7) is 13.7. The number of nitrogens with one attached hydrogen (secondary N) is 1. The first kappa shape index (κ1) is 14.3. The van der Waals surface area contributed by atoms with Crippen molar-refractivity contribution in [2.24, 2.45) is 17.3 Å². The summed E-state index contributed by atoms with van der Waals surface area (Å²) in [4.78, 5) is 2.75. The van der Waals surface area contributed by atoms with Gasteiger partial charge in [-0.1, -0.05) is 33.6 Å². The lowest BCUT2D eigenvalue weighted by molar-refractivity contribution is 0.0714. The Balaban J connectivity index is 1.79. The first-order valence-corrected chi connectivity index (χ1v) is 8.12. The Kier molecular flexibility index (Phi) is 5.08. The highest BCUT2D eigenvalue weighted by molar-refractivity contribution is 4.86. The summed E-state index contributed by atoms with van der Waals surface area (Å²) in [5.41, 5.74) is 0.677. The van der Waals surface area contributed by atoms with Crippen LogP contribution in [-0.2, 0) is 0 Å². The van der Waals surface area contributed by atoms with Gasteiger partial charge >= 0.3 is 0 Å². The van der Waals surface area contributed by atoms with Crippen LogP contribution in [0, 0.1) is 17.3 Å². The third-order valence-electron chi connectivity index (χ3n) is 5.87. The quantitative estimate of drug-likeness (QED) is 0.827. The first-order valence-electron chi connectivity index (χ1n) is 8.12. The zero-order chi connectivity index (χ0) is 13.0. The highest BCUT2D eigenvalue weighted by Crippen LogP contribution is 2.38. The van der Waals surface area contributed by atoms with Crippen LogP contribution >= 0.6 is 0 Å². The van der Waals surface area contributed by atoms with E-state index in [1.165, 1.54) is 64.8 Å². The Bertz CT molecular complexity index is 237. The van der Waals surface area contributed by atoms with Crippen molar-refractivity contribution < 1.29 is 0 Å². The molecule has 0 aliphatic carbocycles. The van der Waals surface area contributed by atoms with Crippen molar-refractivity contribution in [1.82, 2.24) is 10.2 Å². The summed E-state index contributed by atoms with van der Waals surface area (Å²) in [6, 6.07) is 0. The highest BCUT2D eigenvalue weighted by Gasteiger charge is 2.32.